The van der Waals surface area contributed by atoms with Gasteiger partial charge in [0.05, 0.1) is 23.9 Å². The number of aromatic nitrogens is 3. The van der Waals surface area contributed by atoms with Gasteiger partial charge in [-0.05, 0) is 56.9 Å². The van der Waals surface area contributed by atoms with Crippen molar-refractivity contribution in [2.45, 2.75) is 45.3 Å². The van der Waals surface area contributed by atoms with Gasteiger partial charge in [-0.15, -0.1) is 0 Å². The molecule has 202 valence electrons. The first-order chi connectivity index (χ1) is 18.2. The first-order valence-corrected chi connectivity index (χ1v) is 13.3. The summed E-state index contributed by atoms with van der Waals surface area (Å²) < 4.78 is 13.3. The van der Waals surface area contributed by atoms with Gasteiger partial charge in [0.15, 0.2) is 18.2 Å². The molecule has 1 spiro atoms. The average molecular weight is 541 g/mol. The number of carbonyl (C=O) groups is 1. The maximum absolute atomic E-state index is 13.1. The van der Waals surface area contributed by atoms with E-state index in [1.54, 1.807) is 16.8 Å². The van der Waals surface area contributed by atoms with Crippen molar-refractivity contribution in [2.24, 2.45) is 5.92 Å². The highest BCUT2D eigenvalue weighted by Crippen LogP contribution is 2.43. The third kappa shape index (κ3) is 5.15. The molecule has 2 fully saturated rings. The van der Waals surface area contributed by atoms with Crippen molar-refractivity contribution in [1.82, 2.24) is 19.9 Å². The normalized spacial score (nSPS) is 21.0. The van der Waals surface area contributed by atoms with Gasteiger partial charge in [0, 0.05) is 37.3 Å². The smallest absolute Gasteiger partial charge is 0.293 e. The van der Waals surface area contributed by atoms with E-state index in [1.807, 2.05) is 32.0 Å². The van der Waals surface area contributed by atoms with Gasteiger partial charge in [-0.3, -0.25) is 9.59 Å². The summed E-state index contributed by atoms with van der Waals surface area (Å²) in [5, 5.41) is 6.97. The number of nitrogens with zero attached hydrogens (tertiary/aromatic N) is 4. The Bertz CT molecular complexity index is 1410. The molecule has 2 aromatic heterocycles. The Kier molecular flexibility index (Phi) is 7.19. The van der Waals surface area contributed by atoms with Crippen LogP contribution >= 0.6 is 11.6 Å². The molecule has 10 nitrogen and oxygen atoms in total. The van der Waals surface area contributed by atoms with Crippen LogP contribution in [0.2, 0.25) is 5.02 Å². The molecule has 1 amide bonds. The molecular formula is C27H33ClN6O4. The Morgan fingerprint density at radius 3 is 2.82 bits per heavy atom. The number of amides is 1. The fraction of sp³-hybridized carbons (Fsp3) is 0.481. The van der Waals surface area contributed by atoms with Gasteiger partial charge in [0.2, 0.25) is 5.95 Å². The Labute approximate surface area is 226 Å². The number of halogens is 1. The maximum atomic E-state index is 13.1. The van der Waals surface area contributed by atoms with Crippen molar-refractivity contribution in [3.8, 4) is 5.75 Å². The molecule has 1 aliphatic carbocycles. The van der Waals surface area contributed by atoms with E-state index in [1.165, 1.54) is 7.05 Å². The third-order valence-electron chi connectivity index (χ3n) is 7.12. The minimum Gasteiger partial charge on any atom is -0.478 e. The molecule has 1 aliphatic heterocycles. The number of likely N-dealkylation sites (N-methyl/N-ethyl adjacent to an activating group) is 1. The summed E-state index contributed by atoms with van der Waals surface area (Å²) in [5.41, 5.74) is 1.10. The number of rotatable bonds is 7. The lowest BCUT2D eigenvalue weighted by molar-refractivity contribution is -0.130. The van der Waals surface area contributed by atoms with E-state index in [4.69, 9.17) is 26.1 Å². The molecule has 11 heteroatoms. The number of carbonyl (C=O) groups excluding carboxylic acids is 1. The van der Waals surface area contributed by atoms with Crippen LogP contribution in [0.5, 0.6) is 5.75 Å². The zero-order valence-electron chi connectivity index (χ0n) is 22.1. The molecular weight excluding hydrogens is 508 g/mol. The standard InChI is InChI=1S/C27H33ClN6O4/c1-16(2)34-21-6-5-19(9-18(21)10-22(25(34)36)37-14-23(35)29-4)31-24-20(28)13-30-26(32-24)33-7-8-38-27(15-33)11-17(3)12-27/h5-6,9-10,13,16-17H,7-8,11-12,14-15H2,1-4H3,(H,29,35)(H,30,31,32). The van der Waals surface area contributed by atoms with Crippen molar-refractivity contribution in [3.63, 3.8) is 0 Å². The number of morpholine rings is 1. The molecule has 0 atom stereocenters. The quantitative estimate of drug-likeness (QED) is 0.464. The highest BCUT2D eigenvalue weighted by atomic mass is 35.5. The van der Waals surface area contributed by atoms with Crippen LogP contribution in [0.4, 0.5) is 17.5 Å². The Balaban J connectivity index is 1.43. The zero-order chi connectivity index (χ0) is 27.0. The fourth-order valence-corrected chi connectivity index (χ4v) is 5.58. The first-order valence-electron chi connectivity index (χ1n) is 12.9. The van der Waals surface area contributed by atoms with Gasteiger partial charge in [0.25, 0.3) is 11.5 Å². The Morgan fingerprint density at radius 2 is 2.11 bits per heavy atom. The van der Waals surface area contributed by atoms with Gasteiger partial charge in [-0.2, -0.15) is 4.98 Å². The molecule has 1 aromatic carbocycles. The molecule has 0 unspecified atom stereocenters. The number of fused-ring (bicyclic) bond motifs is 1. The largest absolute Gasteiger partial charge is 0.478 e. The number of hydrogen-bond acceptors (Lipinski definition) is 8. The molecule has 2 N–H and O–H groups in total. The molecule has 3 heterocycles. The number of nitrogens with one attached hydrogen (secondary N) is 2. The maximum Gasteiger partial charge on any atom is 0.293 e. The number of pyridine rings is 1. The molecule has 3 aromatic rings. The van der Waals surface area contributed by atoms with Gasteiger partial charge < -0.3 is 29.6 Å². The van der Waals surface area contributed by atoms with Gasteiger partial charge in [0.1, 0.15) is 5.02 Å². The molecule has 5 rings (SSSR count). The van der Waals surface area contributed by atoms with E-state index in [-0.39, 0.29) is 35.5 Å². The summed E-state index contributed by atoms with van der Waals surface area (Å²) in [5.74, 6) is 1.57. The van der Waals surface area contributed by atoms with Crippen molar-refractivity contribution in [2.75, 3.05) is 43.6 Å². The van der Waals surface area contributed by atoms with E-state index in [0.29, 0.717) is 29.3 Å². The molecule has 1 saturated carbocycles. The van der Waals surface area contributed by atoms with E-state index in [0.717, 1.165) is 42.5 Å². The number of anilines is 3. The van der Waals surface area contributed by atoms with Crippen molar-refractivity contribution in [1.29, 1.82) is 0 Å². The molecule has 1 saturated heterocycles. The molecule has 38 heavy (non-hydrogen) atoms. The second-order valence-electron chi connectivity index (χ2n) is 10.5. The lowest BCUT2D eigenvalue weighted by Crippen LogP contribution is -2.58. The number of ether oxygens (including phenoxy) is 2. The summed E-state index contributed by atoms with van der Waals surface area (Å²) in [6.45, 7) is 7.99. The van der Waals surface area contributed by atoms with Crippen LogP contribution in [0.1, 0.15) is 39.7 Å². The molecule has 2 aliphatic rings. The minimum absolute atomic E-state index is 0.101. The van der Waals surface area contributed by atoms with Crippen molar-refractivity contribution in [3.05, 3.63) is 45.8 Å². The SMILES string of the molecule is CNC(=O)COc1cc2cc(Nc3nc(N4CCOC5(CC(C)C5)C4)ncc3Cl)ccc2n(C(C)C)c1=O. The summed E-state index contributed by atoms with van der Waals surface area (Å²) in [6.07, 6.45) is 3.71. The summed E-state index contributed by atoms with van der Waals surface area (Å²) in [7, 11) is 1.52. The number of benzene rings is 1. The van der Waals surface area contributed by atoms with Gasteiger partial charge >= 0.3 is 0 Å². The van der Waals surface area contributed by atoms with Crippen LogP contribution in [0.15, 0.2) is 35.3 Å². The van der Waals surface area contributed by atoms with E-state index in [9.17, 15) is 9.59 Å². The second-order valence-corrected chi connectivity index (χ2v) is 10.9. The van der Waals surface area contributed by atoms with Crippen LogP contribution < -0.4 is 25.8 Å². The predicted octanol–water partition coefficient (Wildman–Crippen LogP) is 3.90. The van der Waals surface area contributed by atoms with Crippen molar-refractivity contribution < 1.29 is 14.3 Å². The minimum atomic E-state index is -0.316. The highest BCUT2D eigenvalue weighted by Gasteiger charge is 2.46. The van der Waals surface area contributed by atoms with Gasteiger partial charge in [-0.1, -0.05) is 18.5 Å². The fourth-order valence-electron chi connectivity index (χ4n) is 5.44. The van der Waals surface area contributed by atoms with Crippen LogP contribution in [-0.2, 0) is 9.53 Å². The van der Waals surface area contributed by atoms with Crippen LogP contribution in [-0.4, -0.2) is 59.4 Å². The first kappa shape index (κ1) is 26.2. The van der Waals surface area contributed by atoms with Crippen LogP contribution in [0, 0.1) is 5.92 Å². The lowest BCUT2D eigenvalue weighted by Gasteiger charge is -2.51. The van der Waals surface area contributed by atoms with E-state index in [2.05, 4.69) is 27.4 Å². The zero-order valence-corrected chi connectivity index (χ0v) is 22.8. The van der Waals surface area contributed by atoms with Crippen molar-refractivity contribution >= 4 is 45.9 Å². The summed E-state index contributed by atoms with van der Waals surface area (Å²) in [4.78, 5) is 36.2. The van der Waals surface area contributed by atoms with Gasteiger partial charge in [-0.25, -0.2) is 4.98 Å². The monoisotopic (exact) mass is 540 g/mol. The van der Waals surface area contributed by atoms with E-state index >= 15 is 0 Å². The third-order valence-corrected chi connectivity index (χ3v) is 7.40. The lowest BCUT2D eigenvalue weighted by atomic mass is 9.71. The second kappa shape index (κ2) is 10.4. The summed E-state index contributed by atoms with van der Waals surface area (Å²) in [6, 6.07) is 7.20. The van der Waals surface area contributed by atoms with E-state index < -0.39 is 0 Å². The van der Waals surface area contributed by atoms with Crippen LogP contribution in [0.25, 0.3) is 10.9 Å². The Morgan fingerprint density at radius 1 is 1.32 bits per heavy atom. The van der Waals surface area contributed by atoms with Crippen LogP contribution in [0.3, 0.4) is 0 Å². The Hall–Kier alpha value is -3.37. The highest BCUT2D eigenvalue weighted by molar-refractivity contribution is 6.32. The topological polar surface area (TPSA) is 111 Å². The summed E-state index contributed by atoms with van der Waals surface area (Å²) >= 11 is 6.48. The molecule has 0 bridgehead atoms. The predicted molar refractivity (Wildman–Crippen MR) is 148 cm³/mol. The molecule has 0 radical (unpaired) electrons. The average Bonchev–Trinajstić information content (AvgIpc) is 2.87. The number of hydrogen-bond donors (Lipinski definition) is 2.